The maximum atomic E-state index is 12.2. The van der Waals surface area contributed by atoms with Gasteiger partial charge in [0, 0.05) is 12.0 Å². The van der Waals surface area contributed by atoms with Gasteiger partial charge in [0.15, 0.2) is 0 Å². The van der Waals surface area contributed by atoms with Crippen molar-refractivity contribution in [1.82, 2.24) is 0 Å². The number of esters is 2. The van der Waals surface area contributed by atoms with Gasteiger partial charge in [-0.3, -0.25) is 4.79 Å². The topological polar surface area (TPSA) is 78.9 Å². The van der Waals surface area contributed by atoms with Gasteiger partial charge < -0.3 is 19.0 Å². The SMILES string of the molecule is C=CC(=O)OCCCCCCOc1ccc(OC(=O)[C@H]2CC[C@H](C=O)CC2)cc1. The molecule has 6 heteroatoms. The summed E-state index contributed by atoms with van der Waals surface area (Å²) in [5.41, 5.74) is 0. The minimum Gasteiger partial charge on any atom is -0.494 e. The lowest BCUT2D eigenvalue weighted by atomic mass is 9.83. The fourth-order valence-electron chi connectivity index (χ4n) is 3.27. The normalized spacial score (nSPS) is 18.5. The van der Waals surface area contributed by atoms with Crippen molar-refractivity contribution < 1.29 is 28.6 Å². The summed E-state index contributed by atoms with van der Waals surface area (Å²) in [6.45, 7) is 4.37. The van der Waals surface area contributed by atoms with Crippen LogP contribution < -0.4 is 9.47 Å². The van der Waals surface area contributed by atoms with Crippen LogP contribution in [0.2, 0.25) is 0 Å². The largest absolute Gasteiger partial charge is 0.494 e. The average Bonchev–Trinajstić information content (AvgIpc) is 2.76. The Labute approximate surface area is 172 Å². The van der Waals surface area contributed by atoms with Gasteiger partial charge in [0.25, 0.3) is 0 Å². The summed E-state index contributed by atoms with van der Waals surface area (Å²) >= 11 is 0. The van der Waals surface area contributed by atoms with E-state index in [0.29, 0.717) is 31.8 Å². The second kappa shape index (κ2) is 12.8. The first-order valence-electron chi connectivity index (χ1n) is 10.3. The van der Waals surface area contributed by atoms with E-state index in [2.05, 4.69) is 6.58 Å². The Hall–Kier alpha value is -2.63. The minimum absolute atomic E-state index is 0.0882. The highest BCUT2D eigenvalue weighted by molar-refractivity contribution is 5.81. The first-order valence-corrected chi connectivity index (χ1v) is 10.3. The monoisotopic (exact) mass is 402 g/mol. The number of carbonyl (C=O) groups excluding carboxylic acids is 3. The van der Waals surface area contributed by atoms with Gasteiger partial charge in [-0.1, -0.05) is 6.58 Å². The number of rotatable bonds is 12. The fraction of sp³-hybridized carbons (Fsp3) is 0.522. The molecule has 1 saturated carbocycles. The van der Waals surface area contributed by atoms with Gasteiger partial charge >= 0.3 is 11.9 Å². The molecule has 1 fully saturated rings. The highest BCUT2D eigenvalue weighted by atomic mass is 16.5. The van der Waals surface area contributed by atoms with Crippen LogP contribution in [0.5, 0.6) is 11.5 Å². The van der Waals surface area contributed by atoms with Crippen molar-refractivity contribution in [1.29, 1.82) is 0 Å². The van der Waals surface area contributed by atoms with E-state index in [9.17, 15) is 14.4 Å². The van der Waals surface area contributed by atoms with Gasteiger partial charge in [-0.15, -0.1) is 0 Å². The zero-order chi connectivity index (χ0) is 20.9. The van der Waals surface area contributed by atoms with E-state index in [0.717, 1.165) is 50.6 Å². The van der Waals surface area contributed by atoms with Gasteiger partial charge in [0.05, 0.1) is 19.1 Å². The average molecular weight is 402 g/mol. The molecule has 0 amide bonds. The molecule has 29 heavy (non-hydrogen) atoms. The molecule has 6 nitrogen and oxygen atoms in total. The van der Waals surface area contributed by atoms with E-state index >= 15 is 0 Å². The summed E-state index contributed by atoms with van der Waals surface area (Å²) in [6, 6.07) is 7.05. The third kappa shape index (κ3) is 8.50. The van der Waals surface area contributed by atoms with Crippen molar-refractivity contribution in [2.75, 3.05) is 13.2 Å². The van der Waals surface area contributed by atoms with Gasteiger partial charge in [-0.2, -0.15) is 0 Å². The molecule has 158 valence electrons. The van der Waals surface area contributed by atoms with Gasteiger partial charge in [0.1, 0.15) is 17.8 Å². The molecule has 1 aliphatic rings. The molecule has 1 aliphatic carbocycles. The predicted molar refractivity (Wildman–Crippen MR) is 109 cm³/mol. The van der Waals surface area contributed by atoms with Crippen molar-refractivity contribution in [3.05, 3.63) is 36.9 Å². The van der Waals surface area contributed by atoms with Crippen molar-refractivity contribution in [3.8, 4) is 11.5 Å². The molecule has 0 heterocycles. The predicted octanol–water partition coefficient (Wildman–Crippen LogP) is 4.27. The van der Waals surface area contributed by atoms with Gasteiger partial charge in [-0.05, 0) is 75.6 Å². The molecule has 1 aromatic carbocycles. The van der Waals surface area contributed by atoms with Gasteiger partial charge in [-0.25, -0.2) is 4.79 Å². The lowest BCUT2D eigenvalue weighted by Crippen LogP contribution is -2.26. The van der Waals surface area contributed by atoms with Crippen molar-refractivity contribution in [2.45, 2.75) is 51.4 Å². The van der Waals surface area contributed by atoms with Crippen LogP contribution >= 0.6 is 0 Å². The molecule has 0 atom stereocenters. The van der Waals surface area contributed by atoms with E-state index in [1.54, 1.807) is 24.3 Å². The zero-order valence-electron chi connectivity index (χ0n) is 16.8. The van der Waals surface area contributed by atoms with Crippen LogP contribution in [-0.2, 0) is 19.1 Å². The molecule has 0 aliphatic heterocycles. The third-order valence-corrected chi connectivity index (χ3v) is 5.06. The molecule has 0 spiro atoms. The Morgan fingerprint density at radius 2 is 1.55 bits per heavy atom. The van der Waals surface area contributed by atoms with Crippen LogP contribution in [0.15, 0.2) is 36.9 Å². The second-order valence-electron chi connectivity index (χ2n) is 7.27. The second-order valence-corrected chi connectivity index (χ2v) is 7.27. The summed E-state index contributed by atoms with van der Waals surface area (Å²) < 4.78 is 16.1. The molecule has 2 rings (SSSR count). The lowest BCUT2D eigenvalue weighted by molar-refractivity contribution is -0.140. The van der Waals surface area contributed by atoms with E-state index in [4.69, 9.17) is 14.2 Å². The van der Waals surface area contributed by atoms with Crippen LogP contribution in [0.3, 0.4) is 0 Å². The quantitative estimate of drug-likeness (QED) is 0.171. The van der Waals surface area contributed by atoms with E-state index in [1.807, 2.05) is 0 Å². The summed E-state index contributed by atoms with van der Waals surface area (Å²) in [5.74, 6) is 0.604. The molecule has 1 aromatic rings. The Morgan fingerprint density at radius 1 is 0.931 bits per heavy atom. The fourth-order valence-corrected chi connectivity index (χ4v) is 3.27. The Bertz CT molecular complexity index is 658. The Morgan fingerprint density at radius 3 is 2.17 bits per heavy atom. The highest BCUT2D eigenvalue weighted by Gasteiger charge is 2.27. The van der Waals surface area contributed by atoms with Gasteiger partial charge in [0.2, 0.25) is 0 Å². The molecular weight excluding hydrogens is 372 g/mol. The summed E-state index contributed by atoms with van der Waals surface area (Å²) in [7, 11) is 0. The number of ether oxygens (including phenoxy) is 3. The lowest BCUT2D eigenvalue weighted by Gasteiger charge is -2.23. The molecular formula is C23H30O6. The minimum atomic E-state index is -0.382. The smallest absolute Gasteiger partial charge is 0.330 e. The summed E-state index contributed by atoms with van der Waals surface area (Å²) in [6.07, 6.45) is 8.80. The Kier molecular flexibility index (Phi) is 9.96. The number of hydrogen-bond acceptors (Lipinski definition) is 6. The molecule has 0 bridgehead atoms. The van der Waals surface area contributed by atoms with E-state index in [1.165, 1.54) is 6.08 Å². The first-order chi connectivity index (χ1) is 14.1. The zero-order valence-corrected chi connectivity index (χ0v) is 16.8. The van der Waals surface area contributed by atoms with Crippen LogP contribution in [0.4, 0.5) is 0 Å². The van der Waals surface area contributed by atoms with E-state index < -0.39 is 0 Å². The maximum absolute atomic E-state index is 12.2. The molecule has 0 aromatic heterocycles. The van der Waals surface area contributed by atoms with Crippen LogP contribution in [0, 0.1) is 11.8 Å². The number of unbranched alkanes of at least 4 members (excludes halogenated alkanes) is 3. The van der Waals surface area contributed by atoms with Crippen molar-refractivity contribution in [3.63, 3.8) is 0 Å². The molecule has 0 unspecified atom stereocenters. The van der Waals surface area contributed by atoms with E-state index in [-0.39, 0.29) is 23.8 Å². The first kappa shape index (κ1) is 22.7. The summed E-state index contributed by atoms with van der Waals surface area (Å²) in [5, 5.41) is 0. The van der Waals surface area contributed by atoms with Crippen LogP contribution in [0.1, 0.15) is 51.4 Å². The molecule has 0 radical (unpaired) electrons. The number of aldehydes is 1. The number of hydrogen-bond donors (Lipinski definition) is 0. The standard InChI is InChI=1S/C23H30O6/c1-2-22(25)28-16-6-4-3-5-15-27-20-11-13-21(14-12-20)29-23(26)19-9-7-18(17-24)8-10-19/h2,11-14,17-19H,1,3-10,15-16H2/t18-,19-. The van der Waals surface area contributed by atoms with Crippen molar-refractivity contribution in [2.24, 2.45) is 11.8 Å². The highest BCUT2D eigenvalue weighted by Crippen LogP contribution is 2.29. The summed E-state index contributed by atoms with van der Waals surface area (Å²) in [4.78, 5) is 33.9. The van der Waals surface area contributed by atoms with Crippen LogP contribution in [-0.4, -0.2) is 31.4 Å². The van der Waals surface area contributed by atoms with Crippen LogP contribution in [0.25, 0.3) is 0 Å². The third-order valence-electron chi connectivity index (χ3n) is 5.06. The number of benzene rings is 1. The Balaban J connectivity index is 1.58. The molecule has 0 saturated heterocycles. The number of carbonyl (C=O) groups is 3. The van der Waals surface area contributed by atoms with Crippen molar-refractivity contribution >= 4 is 18.2 Å². The molecule has 0 N–H and O–H groups in total. The maximum Gasteiger partial charge on any atom is 0.330 e.